The van der Waals surface area contributed by atoms with Crippen molar-refractivity contribution in [3.8, 4) is 0 Å². The molecule has 0 aliphatic carbocycles. The highest BCUT2D eigenvalue weighted by Crippen LogP contribution is 2.11. The summed E-state index contributed by atoms with van der Waals surface area (Å²) >= 11 is 0. The molecule has 3 nitrogen and oxygen atoms in total. The average molecular weight is 253 g/mol. The summed E-state index contributed by atoms with van der Waals surface area (Å²) in [6, 6.07) is 10.5. The van der Waals surface area contributed by atoms with Gasteiger partial charge in [-0.2, -0.15) is 0 Å². The Morgan fingerprint density at radius 3 is 2.65 bits per heavy atom. The van der Waals surface area contributed by atoms with Crippen molar-refractivity contribution in [2.45, 2.75) is 25.3 Å². The van der Waals surface area contributed by atoms with Crippen LogP contribution in [0.2, 0.25) is 0 Å². The molecule has 1 aromatic rings. The fraction of sp³-hybridized carbons (Fsp3) is 0.538. The van der Waals surface area contributed by atoms with E-state index in [1.54, 1.807) is 0 Å². The maximum absolute atomic E-state index is 11.3. The summed E-state index contributed by atoms with van der Waals surface area (Å²) in [7, 11) is -2.75. The van der Waals surface area contributed by atoms with Crippen molar-refractivity contribution in [2.75, 3.05) is 18.1 Å². The molecule has 17 heavy (non-hydrogen) atoms. The molecule has 1 aromatic carbocycles. The first-order valence-corrected chi connectivity index (χ1v) is 7.96. The van der Waals surface area contributed by atoms with Crippen molar-refractivity contribution in [3.05, 3.63) is 35.9 Å². The average Bonchev–Trinajstić information content (AvgIpc) is 2.66. The van der Waals surface area contributed by atoms with Crippen LogP contribution >= 0.6 is 0 Å². The van der Waals surface area contributed by atoms with E-state index in [1.165, 1.54) is 5.56 Å². The number of nitrogens with one attached hydrogen (secondary N) is 1. The minimum Gasteiger partial charge on any atom is -0.313 e. The van der Waals surface area contributed by atoms with Gasteiger partial charge in [-0.05, 0) is 31.4 Å². The van der Waals surface area contributed by atoms with E-state index in [1.807, 2.05) is 18.2 Å². The number of rotatable bonds is 5. The topological polar surface area (TPSA) is 46.2 Å². The van der Waals surface area contributed by atoms with E-state index in [-0.39, 0.29) is 6.04 Å². The molecule has 0 spiro atoms. The van der Waals surface area contributed by atoms with Gasteiger partial charge in [-0.1, -0.05) is 30.3 Å². The van der Waals surface area contributed by atoms with E-state index in [0.717, 1.165) is 25.8 Å². The molecule has 1 aliphatic rings. The Bertz CT molecular complexity index is 442. The summed E-state index contributed by atoms with van der Waals surface area (Å²) in [6.45, 7) is 0.898. The van der Waals surface area contributed by atoms with Gasteiger partial charge in [0.1, 0.15) is 0 Å². The molecule has 2 rings (SSSR count). The highest BCUT2D eigenvalue weighted by Gasteiger charge is 2.26. The highest BCUT2D eigenvalue weighted by atomic mass is 32.2. The van der Waals surface area contributed by atoms with Crippen LogP contribution in [-0.4, -0.2) is 32.5 Å². The lowest BCUT2D eigenvalue weighted by Crippen LogP contribution is -2.31. The maximum Gasteiger partial charge on any atom is 0.151 e. The van der Waals surface area contributed by atoms with Crippen LogP contribution in [0.25, 0.3) is 0 Å². The molecule has 0 aromatic heterocycles. The first-order valence-electron chi connectivity index (χ1n) is 6.13. The van der Waals surface area contributed by atoms with Crippen LogP contribution in [0.1, 0.15) is 18.4 Å². The summed E-state index contributed by atoms with van der Waals surface area (Å²) in [6.07, 6.45) is 2.88. The summed E-state index contributed by atoms with van der Waals surface area (Å²) in [5.74, 6) is 0.668. The third-order valence-corrected chi connectivity index (χ3v) is 4.92. The third-order valence-electron chi connectivity index (χ3n) is 3.15. The molecule has 94 valence electrons. The summed E-state index contributed by atoms with van der Waals surface area (Å²) < 4.78 is 22.5. The van der Waals surface area contributed by atoms with E-state index in [4.69, 9.17) is 0 Å². The van der Waals surface area contributed by atoms with Crippen LogP contribution in [0.3, 0.4) is 0 Å². The minimum absolute atomic E-state index is 0.177. The number of sulfone groups is 1. The monoisotopic (exact) mass is 253 g/mol. The normalized spacial score (nSPS) is 22.7. The van der Waals surface area contributed by atoms with Gasteiger partial charge in [0.05, 0.1) is 11.5 Å². The Balaban J connectivity index is 1.64. The van der Waals surface area contributed by atoms with Crippen LogP contribution in [0.5, 0.6) is 0 Å². The van der Waals surface area contributed by atoms with Gasteiger partial charge in [0.15, 0.2) is 9.84 Å². The molecule has 1 unspecified atom stereocenters. The van der Waals surface area contributed by atoms with Gasteiger partial charge < -0.3 is 5.32 Å². The van der Waals surface area contributed by atoms with Gasteiger partial charge in [-0.3, -0.25) is 0 Å². The first-order chi connectivity index (χ1) is 8.16. The summed E-state index contributed by atoms with van der Waals surface area (Å²) in [4.78, 5) is 0. The quantitative estimate of drug-likeness (QED) is 0.807. The van der Waals surface area contributed by atoms with Gasteiger partial charge in [-0.25, -0.2) is 8.42 Å². The van der Waals surface area contributed by atoms with Gasteiger partial charge in [0.2, 0.25) is 0 Å². The molecule has 1 atom stereocenters. The zero-order valence-corrected chi connectivity index (χ0v) is 10.7. The second kappa shape index (κ2) is 5.65. The van der Waals surface area contributed by atoms with E-state index in [9.17, 15) is 8.42 Å². The number of benzene rings is 1. The Hall–Kier alpha value is -0.870. The predicted octanol–water partition coefficient (Wildman–Crippen LogP) is 1.40. The molecule has 4 heteroatoms. The lowest BCUT2D eigenvalue weighted by atomic mass is 10.1. The van der Waals surface area contributed by atoms with Gasteiger partial charge in [0, 0.05) is 6.04 Å². The van der Waals surface area contributed by atoms with Gasteiger partial charge in [-0.15, -0.1) is 0 Å². The fourth-order valence-electron chi connectivity index (χ4n) is 2.20. The molecule has 1 aliphatic heterocycles. The first kappa shape index (κ1) is 12.6. The third kappa shape index (κ3) is 4.13. The number of aryl methyl sites for hydroxylation is 1. The molecular formula is C13H19NO2S. The largest absolute Gasteiger partial charge is 0.313 e. The fourth-order valence-corrected chi connectivity index (χ4v) is 3.91. The minimum atomic E-state index is -2.75. The van der Waals surface area contributed by atoms with Crippen molar-refractivity contribution in [1.29, 1.82) is 0 Å². The molecule has 1 fully saturated rings. The molecule has 0 radical (unpaired) electrons. The standard InChI is InChI=1S/C13H19NO2S/c15-17(16)10-8-13(11-17)14-9-4-7-12-5-2-1-3-6-12/h1-3,5-6,13-14H,4,7-11H2. The Kier molecular flexibility index (Phi) is 4.18. The van der Waals surface area contributed by atoms with E-state index in [2.05, 4.69) is 17.4 Å². The molecule has 0 amide bonds. The summed E-state index contributed by atoms with van der Waals surface area (Å²) in [5.41, 5.74) is 1.34. The molecule has 1 saturated heterocycles. The van der Waals surface area contributed by atoms with Crippen LogP contribution in [0.15, 0.2) is 30.3 Å². The van der Waals surface area contributed by atoms with Crippen LogP contribution < -0.4 is 5.32 Å². The summed E-state index contributed by atoms with van der Waals surface area (Å²) in [5, 5.41) is 3.33. The highest BCUT2D eigenvalue weighted by molar-refractivity contribution is 7.91. The van der Waals surface area contributed by atoms with Crippen LogP contribution in [0, 0.1) is 0 Å². The van der Waals surface area contributed by atoms with E-state index in [0.29, 0.717) is 11.5 Å². The Morgan fingerprint density at radius 1 is 1.24 bits per heavy atom. The van der Waals surface area contributed by atoms with Crippen molar-refractivity contribution < 1.29 is 8.42 Å². The van der Waals surface area contributed by atoms with Crippen LogP contribution in [-0.2, 0) is 16.3 Å². The van der Waals surface area contributed by atoms with Crippen molar-refractivity contribution >= 4 is 9.84 Å². The van der Waals surface area contributed by atoms with Crippen molar-refractivity contribution in [3.63, 3.8) is 0 Å². The van der Waals surface area contributed by atoms with Gasteiger partial charge >= 0.3 is 0 Å². The van der Waals surface area contributed by atoms with E-state index >= 15 is 0 Å². The second-order valence-corrected chi connectivity index (χ2v) is 6.87. The molecule has 1 N–H and O–H groups in total. The van der Waals surface area contributed by atoms with Crippen LogP contribution in [0.4, 0.5) is 0 Å². The molecule has 0 saturated carbocycles. The molecule has 1 heterocycles. The molecule has 0 bridgehead atoms. The zero-order valence-electron chi connectivity index (χ0n) is 9.93. The Labute approximate surface area is 103 Å². The molecular weight excluding hydrogens is 234 g/mol. The van der Waals surface area contributed by atoms with E-state index < -0.39 is 9.84 Å². The lowest BCUT2D eigenvalue weighted by Gasteiger charge is -2.10. The van der Waals surface area contributed by atoms with Gasteiger partial charge in [0.25, 0.3) is 0 Å². The Morgan fingerprint density at radius 2 is 2.00 bits per heavy atom. The zero-order chi connectivity index (χ0) is 12.1. The predicted molar refractivity (Wildman–Crippen MR) is 69.8 cm³/mol. The lowest BCUT2D eigenvalue weighted by molar-refractivity contribution is 0.542. The number of hydrogen-bond acceptors (Lipinski definition) is 3. The van der Waals surface area contributed by atoms with Crippen molar-refractivity contribution in [2.24, 2.45) is 0 Å². The smallest absolute Gasteiger partial charge is 0.151 e. The SMILES string of the molecule is O=S1(=O)CCC(NCCCc2ccccc2)C1. The second-order valence-electron chi connectivity index (χ2n) is 4.64. The maximum atomic E-state index is 11.3. The number of hydrogen-bond donors (Lipinski definition) is 1. The van der Waals surface area contributed by atoms with Crippen molar-refractivity contribution in [1.82, 2.24) is 5.32 Å².